The van der Waals surface area contributed by atoms with Crippen LogP contribution in [0, 0.1) is 19.3 Å². The first-order valence-corrected chi connectivity index (χ1v) is 10.4. The molecule has 150 valence electrons. The molecule has 2 aliphatic rings. The van der Waals surface area contributed by atoms with Gasteiger partial charge in [0.2, 0.25) is 0 Å². The molecular weight excluding hydrogens is 352 g/mol. The minimum absolute atomic E-state index is 0.0635. The third-order valence-corrected chi connectivity index (χ3v) is 6.61. The summed E-state index contributed by atoms with van der Waals surface area (Å²) in [5.74, 6) is 2.15. The molecule has 1 spiro atoms. The Labute approximate surface area is 166 Å². The molecule has 1 unspecified atom stereocenters. The Morgan fingerprint density at radius 3 is 2.79 bits per heavy atom. The van der Waals surface area contributed by atoms with Crippen LogP contribution in [0.4, 0.5) is 0 Å². The number of aryl methyl sites for hydroxylation is 3. The summed E-state index contributed by atoms with van der Waals surface area (Å²) in [4.78, 5) is 14.9. The highest BCUT2D eigenvalue weighted by Crippen LogP contribution is 2.55. The lowest BCUT2D eigenvalue weighted by Crippen LogP contribution is -2.39. The Morgan fingerprint density at radius 2 is 2.11 bits per heavy atom. The third-order valence-electron chi connectivity index (χ3n) is 6.61. The van der Waals surface area contributed by atoms with Crippen molar-refractivity contribution in [1.82, 2.24) is 19.7 Å². The lowest BCUT2D eigenvalue weighted by atomic mass is 9.62. The van der Waals surface area contributed by atoms with Crippen molar-refractivity contribution in [1.29, 1.82) is 0 Å². The smallest absolute Gasteiger partial charge is 0.260 e. The first-order chi connectivity index (χ1) is 13.5. The summed E-state index contributed by atoms with van der Waals surface area (Å²) in [6.45, 7) is 8.85. The zero-order valence-electron chi connectivity index (χ0n) is 17.1. The van der Waals surface area contributed by atoms with Gasteiger partial charge in [0, 0.05) is 25.6 Å². The Hall–Kier alpha value is -2.37. The number of nitrogens with zero attached hydrogens (tertiary/aromatic N) is 4. The van der Waals surface area contributed by atoms with Crippen LogP contribution in [0.15, 0.2) is 24.5 Å². The highest BCUT2D eigenvalue weighted by atomic mass is 16.5. The Bertz CT molecular complexity index is 856. The molecule has 1 saturated carbocycles. The standard InChI is InChI=1S/C22H30N4O2/c1-4-10-25-15-23-24-21(25)19-12-26(14-22(19)8-5-9-22)20(27)13-28-18-7-6-16(2)17(3)11-18/h6-7,11,15,19H,4-5,8-10,12-14H2,1-3H3. The van der Waals surface area contributed by atoms with Gasteiger partial charge < -0.3 is 14.2 Å². The summed E-state index contributed by atoms with van der Waals surface area (Å²) in [6, 6.07) is 5.96. The highest BCUT2D eigenvalue weighted by molar-refractivity contribution is 5.78. The molecule has 1 saturated heterocycles. The van der Waals surface area contributed by atoms with Crippen LogP contribution in [-0.4, -0.2) is 45.3 Å². The van der Waals surface area contributed by atoms with Crippen LogP contribution in [0.3, 0.4) is 0 Å². The van der Waals surface area contributed by atoms with Crippen molar-refractivity contribution in [3.05, 3.63) is 41.5 Å². The lowest BCUT2D eigenvalue weighted by Gasteiger charge is -2.42. The Balaban J connectivity index is 1.45. The topological polar surface area (TPSA) is 60.2 Å². The van der Waals surface area contributed by atoms with Gasteiger partial charge >= 0.3 is 0 Å². The summed E-state index contributed by atoms with van der Waals surface area (Å²) < 4.78 is 7.97. The number of carbonyl (C=O) groups is 1. The SMILES string of the molecule is CCCn1cnnc1C1CN(C(=O)COc2ccc(C)c(C)c2)CC12CCC2. The van der Waals surface area contributed by atoms with Gasteiger partial charge in [0.1, 0.15) is 17.9 Å². The van der Waals surface area contributed by atoms with Crippen LogP contribution in [0.5, 0.6) is 5.75 Å². The fourth-order valence-electron chi connectivity index (χ4n) is 4.64. The number of carbonyl (C=O) groups excluding carboxylic acids is 1. The van der Waals surface area contributed by atoms with Gasteiger partial charge in [0.15, 0.2) is 6.61 Å². The molecule has 1 aromatic heterocycles. The van der Waals surface area contributed by atoms with Gasteiger partial charge in [-0.1, -0.05) is 19.4 Å². The van der Waals surface area contributed by atoms with E-state index >= 15 is 0 Å². The van der Waals surface area contributed by atoms with E-state index in [1.165, 1.54) is 30.4 Å². The summed E-state index contributed by atoms with van der Waals surface area (Å²) in [6.07, 6.45) is 6.45. The fraction of sp³-hybridized carbons (Fsp3) is 0.591. The predicted molar refractivity (Wildman–Crippen MR) is 107 cm³/mol. The molecule has 2 fully saturated rings. The monoisotopic (exact) mass is 382 g/mol. The van der Waals surface area contributed by atoms with Gasteiger partial charge in [0.25, 0.3) is 5.91 Å². The molecule has 1 aliphatic heterocycles. The van der Waals surface area contributed by atoms with E-state index in [2.05, 4.69) is 35.5 Å². The molecule has 1 aromatic carbocycles. The van der Waals surface area contributed by atoms with Crippen molar-refractivity contribution in [2.24, 2.45) is 5.41 Å². The average Bonchev–Trinajstić information content (AvgIpc) is 3.26. The number of amides is 1. The van der Waals surface area contributed by atoms with E-state index in [1.54, 1.807) is 0 Å². The third kappa shape index (κ3) is 3.40. The number of hydrogen-bond donors (Lipinski definition) is 0. The van der Waals surface area contributed by atoms with Gasteiger partial charge in [-0.15, -0.1) is 10.2 Å². The second-order valence-corrected chi connectivity index (χ2v) is 8.46. The zero-order chi connectivity index (χ0) is 19.7. The van der Waals surface area contributed by atoms with Crippen molar-refractivity contribution in [3.63, 3.8) is 0 Å². The maximum atomic E-state index is 12.9. The first kappa shape index (κ1) is 19.0. The number of ether oxygens (including phenoxy) is 1. The summed E-state index contributed by atoms with van der Waals surface area (Å²) in [5, 5.41) is 8.60. The number of aromatic nitrogens is 3. The second-order valence-electron chi connectivity index (χ2n) is 8.46. The zero-order valence-corrected chi connectivity index (χ0v) is 17.1. The minimum Gasteiger partial charge on any atom is -0.484 e. The van der Waals surface area contributed by atoms with Crippen LogP contribution in [0.2, 0.25) is 0 Å². The molecule has 0 bridgehead atoms. The molecule has 4 rings (SSSR count). The number of rotatable bonds is 6. The number of benzene rings is 1. The van der Waals surface area contributed by atoms with Crippen molar-refractivity contribution in [3.8, 4) is 5.75 Å². The van der Waals surface area contributed by atoms with E-state index in [0.717, 1.165) is 37.6 Å². The largest absolute Gasteiger partial charge is 0.484 e. The van der Waals surface area contributed by atoms with Crippen LogP contribution in [-0.2, 0) is 11.3 Å². The quantitative estimate of drug-likeness (QED) is 0.767. The van der Waals surface area contributed by atoms with E-state index < -0.39 is 0 Å². The molecule has 2 aromatic rings. The Morgan fingerprint density at radius 1 is 1.29 bits per heavy atom. The molecule has 1 aliphatic carbocycles. The number of hydrogen-bond acceptors (Lipinski definition) is 4. The maximum absolute atomic E-state index is 12.9. The van der Waals surface area contributed by atoms with Crippen LogP contribution in [0.1, 0.15) is 55.5 Å². The fourth-order valence-corrected chi connectivity index (χ4v) is 4.64. The molecule has 28 heavy (non-hydrogen) atoms. The van der Waals surface area contributed by atoms with Gasteiger partial charge in [0.05, 0.1) is 0 Å². The number of likely N-dealkylation sites (tertiary alicyclic amines) is 1. The van der Waals surface area contributed by atoms with E-state index in [4.69, 9.17) is 4.74 Å². The summed E-state index contributed by atoms with van der Waals surface area (Å²) in [5.41, 5.74) is 2.58. The van der Waals surface area contributed by atoms with E-state index in [1.807, 2.05) is 29.4 Å². The highest BCUT2D eigenvalue weighted by Gasteiger charge is 2.53. The predicted octanol–water partition coefficient (Wildman–Crippen LogP) is 3.48. The summed E-state index contributed by atoms with van der Waals surface area (Å²) in [7, 11) is 0. The minimum atomic E-state index is 0.0635. The lowest BCUT2D eigenvalue weighted by molar-refractivity contribution is -0.133. The summed E-state index contributed by atoms with van der Waals surface area (Å²) >= 11 is 0. The van der Waals surface area contributed by atoms with Crippen LogP contribution in [0.25, 0.3) is 0 Å². The molecule has 2 heterocycles. The van der Waals surface area contributed by atoms with Gasteiger partial charge in [-0.3, -0.25) is 4.79 Å². The molecule has 0 radical (unpaired) electrons. The van der Waals surface area contributed by atoms with E-state index in [9.17, 15) is 4.79 Å². The first-order valence-electron chi connectivity index (χ1n) is 10.4. The van der Waals surface area contributed by atoms with Crippen molar-refractivity contribution >= 4 is 5.91 Å². The van der Waals surface area contributed by atoms with E-state index in [-0.39, 0.29) is 23.8 Å². The van der Waals surface area contributed by atoms with Gasteiger partial charge in [-0.05, 0) is 61.8 Å². The molecule has 0 N–H and O–H groups in total. The van der Waals surface area contributed by atoms with Gasteiger partial charge in [-0.2, -0.15) is 0 Å². The normalized spacial score (nSPS) is 20.4. The van der Waals surface area contributed by atoms with Crippen LogP contribution < -0.4 is 4.74 Å². The van der Waals surface area contributed by atoms with Crippen molar-refractivity contribution < 1.29 is 9.53 Å². The molecule has 6 nitrogen and oxygen atoms in total. The maximum Gasteiger partial charge on any atom is 0.260 e. The average molecular weight is 383 g/mol. The van der Waals surface area contributed by atoms with E-state index in [0.29, 0.717) is 0 Å². The van der Waals surface area contributed by atoms with Crippen molar-refractivity contribution in [2.45, 2.75) is 58.9 Å². The molecule has 1 atom stereocenters. The molecule has 1 amide bonds. The molecular formula is C22H30N4O2. The van der Waals surface area contributed by atoms with Gasteiger partial charge in [-0.25, -0.2) is 0 Å². The van der Waals surface area contributed by atoms with Crippen LogP contribution >= 0.6 is 0 Å². The second kappa shape index (κ2) is 7.57. The molecule has 6 heteroatoms. The Kier molecular flexibility index (Phi) is 5.13. The van der Waals surface area contributed by atoms with Crippen molar-refractivity contribution in [2.75, 3.05) is 19.7 Å².